The van der Waals surface area contributed by atoms with Crippen LogP contribution in [0.1, 0.15) is 30.0 Å². The minimum atomic E-state index is 0.119. The van der Waals surface area contributed by atoms with Crippen molar-refractivity contribution in [3.63, 3.8) is 0 Å². The van der Waals surface area contributed by atoms with Crippen molar-refractivity contribution in [2.75, 3.05) is 26.3 Å². The van der Waals surface area contributed by atoms with Crippen molar-refractivity contribution in [3.8, 4) is 11.5 Å². The molecule has 0 aromatic heterocycles. The number of nitrogens with zero attached hydrogens (tertiary/aromatic N) is 1. The molecule has 1 unspecified atom stereocenters. The second-order valence-electron chi connectivity index (χ2n) is 7.26. The highest BCUT2D eigenvalue weighted by Gasteiger charge is 2.18. The summed E-state index contributed by atoms with van der Waals surface area (Å²) in [5, 5.41) is 16.2. The van der Waals surface area contributed by atoms with Crippen molar-refractivity contribution in [2.24, 2.45) is 4.99 Å². The maximum absolute atomic E-state index is 9.59. The van der Waals surface area contributed by atoms with Crippen molar-refractivity contribution < 1.29 is 14.6 Å². The zero-order chi connectivity index (χ0) is 20.5. The SMILES string of the molecule is CCNC(=NCc1ccc(C)cc1OC1CCOC1)NCCc1cccc(O)c1. The van der Waals surface area contributed by atoms with Crippen LogP contribution in [0.5, 0.6) is 11.5 Å². The first-order chi connectivity index (χ1) is 14.1. The maximum Gasteiger partial charge on any atom is 0.191 e. The Bertz CT molecular complexity index is 817. The van der Waals surface area contributed by atoms with Crippen LogP contribution in [0.3, 0.4) is 0 Å². The van der Waals surface area contributed by atoms with Gasteiger partial charge in [0, 0.05) is 25.1 Å². The monoisotopic (exact) mass is 397 g/mol. The minimum absolute atomic E-state index is 0.119. The molecule has 3 N–H and O–H groups in total. The molecule has 0 spiro atoms. The first kappa shape index (κ1) is 21.0. The number of hydrogen-bond donors (Lipinski definition) is 3. The molecule has 6 heteroatoms. The van der Waals surface area contributed by atoms with Gasteiger partial charge in [-0.05, 0) is 49.6 Å². The Balaban J connectivity index is 1.61. The van der Waals surface area contributed by atoms with E-state index in [-0.39, 0.29) is 6.10 Å². The Hall–Kier alpha value is -2.73. The van der Waals surface area contributed by atoms with Gasteiger partial charge in [-0.3, -0.25) is 0 Å². The second-order valence-corrected chi connectivity index (χ2v) is 7.26. The average molecular weight is 398 g/mol. The summed E-state index contributed by atoms with van der Waals surface area (Å²) in [7, 11) is 0. The number of phenols is 1. The Morgan fingerprint density at radius 2 is 2.14 bits per heavy atom. The van der Waals surface area contributed by atoms with Gasteiger partial charge in [0.2, 0.25) is 0 Å². The van der Waals surface area contributed by atoms with Crippen LogP contribution in [0.4, 0.5) is 0 Å². The molecule has 1 aliphatic heterocycles. The van der Waals surface area contributed by atoms with E-state index >= 15 is 0 Å². The van der Waals surface area contributed by atoms with Gasteiger partial charge in [0.05, 0.1) is 19.8 Å². The van der Waals surface area contributed by atoms with Crippen LogP contribution < -0.4 is 15.4 Å². The second kappa shape index (κ2) is 10.7. The number of nitrogens with one attached hydrogen (secondary N) is 2. The number of hydrogen-bond acceptors (Lipinski definition) is 4. The predicted octanol–water partition coefficient (Wildman–Crippen LogP) is 3.17. The number of guanidine groups is 1. The summed E-state index contributed by atoms with van der Waals surface area (Å²) in [5.74, 6) is 1.95. The first-order valence-electron chi connectivity index (χ1n) is 10.3. The topological polar surface area (TPSA) is 75.1 Å². The van der Waals surface area contributed by atoms with Gasteiger partial charge < -0.3 is 25.2 Å². The molecule has 1 atom stereocenters. The Kier molecular flexibility index (Phi) is 7.76. The van der Waals surface area contributed by atoms with E-state index in [1.807, 2.05) is 19.1 Å². The Morgan fingerprint density at radius 1 is 1.24 bits per heavy atom. The third-order valence-electron chi connectivity index (χ3n) is 4.77. The summed E-state index contributed by atoms with van der Waals surface area (Å²) in [6.07, 6.45) is 1.85. The average Bonchev–Trinajstić information content (AvgIpc) is 3.20. The molecule has 3 rings (SSSR count). The maximum atomic E-state index is 9.59. The van der Waals surface area contributed by atoms with Gasteiger partial charge in [0.15, 0.2) is 5.96 Å². The lowest BCUT2D eigenvalue weighted by molar-refractivity contribution is 0.140. The molecule has 2 aromatic carbocycles. The van der Waals surface area contributed by atoms with E-state index in [2.05, 4.69) is 35.8 Å². The molecule has 1 aliphatic rings. The van der Waals surface area contributed by atoms with Crippen LogP contribution >= 0.6 is 0 Å². The fraction of sp³-hybridized carbons (Fsp3) is 0.435. The van der Waals surface area contributed by atoms with Crippen molar-refractivity contribution >= 4 is 5.96 Å². The van der Waals surface area contributed by atoms with Crippen LogP contribution in [0.25, 0.3) is 0 Å². The highest BCUT2D eigenvalue weighted by molar-refractivity contribution is 5.79. The van der Waals surface area contributed by atoms with E-state index < -0.39 is 0 Å². The quantitative estimate of drug-likeness (QED) is 0.471. The lowest BCUT2D eigenvalue weighted by atomic mass is 10.1. The molecule has 156 valence electrons. The van der Waals surface area contributed by atoms with Crippen molar-refractivity contribution in [1.29, 1.82) is 0 Å². The smallest absolute Gasteiger partial charge is 0.191 e. The molecule has 1 saturated heterocycles. The highest BCUT2D eigenvalue weighted by atomic mass is 16.5. The van der Waals surface area contributed by atoms with Gasteiger partial charge in [0.25, 0.3) is 0 Å². The van der Waals surface area contributed by atoms with E-state index in [0.29, 0.717) is 18.9 Å². The Labute approximate surface area is 173 Å². The molecule has 0 radical (unpaired) electrons. The van der Waals surface area contributed by atoms with Crippen LogP contribution in [-0.2, 0) is 17.7 Å². The fourth-order valence-corrected chi connectivity index (χ4v) is 3.23. The fourth-order valence-electron chi connectivity index (χ4n) is 3.23. The van der Waals surface area contributed by atoms with E-state index in [9.17, 15) is 5.11 Å². The van der Waals surface area contributed by atoms with Gasteiger partial charge in [-0.15, -0.1) is 0 Å². The molecule has 29 heavy (non-hydrogen) atoms. The standard InChI is InChI=1S/C23H31N3O3/c1-3-24-23(25-11-9-18-5-4-6-20(27)14-18)26-15-19-8-7-17(2)13-22(19)29-21-10-12-28-16-21/h4-8,13-14,21,27H,3,9-12,15-16H2,1-2H3,(H2,24,25,26). The normalized spacial score (nSPS) is 16.6. The van der Waals surface area contributed by atoms with Crippen LogP contribution in [0, 0.1) is 6.92 Å². The van der Waals surface area contributed by atoms with Gasteiger partial charge in [-0.1, -0.05) is 24.3 Å². The molecule has 1 fully saturated rings. The summed E-state index contributed by atoms with van der Waals surface area (Å²) in [6, 6.07) is 13.6. The first-order valence-corrected chi connectivity index (χ1v) is 10.3. The number of aromatic hydroxyl groups is 1. The molecule has 6 nitrogen and oxygen atoms in total. The zero-order valence-electron chi connectivity index (χ0n) is 17.3. The third-order valence-corrected chi connectivity index (χ3v) is 4.77. The van der Waals surface area contributed by atoms with Gasteiger partial charge in [-0.25, -0.2) is 4.99 Å². The Morgan fingerprint density at radius 3 is 2.90 bits per heavy atom. The number of rotatable bonds is 8. The molecule has 0 bridgehead atoms. The molecule has 0 aliphatic carbocycles. The van der Waals surface area contributed by atoms with E-state index in [1.165, 1.54) is 5.56 Å². The van der Waals surface area contributed by atoms with E-state index in [4.69, 9.17) is 14.5 Å². The predicted molar refractivity (Wildman–Crippen MR) is 116 cm³/mol. The highest BCUT2D eigenvalue weighted by Crippen LogP contribution is 2.24. The summed E-state index contributed by atoms with van der Waals surface area (Å²) in [5.41, 5.74) is 3.32. The van der Waals surface area contributed by atoms with Crippen LogP contribution in [0.15, 0.2) is 47.5 Å². The van der Waals surface area contributed by atoms with Gasteiger partial charge in [-0.2, -0.15) is 0 Å². The summed E-state index contributed by atoms with van der Waals surface area (Å²) in [4.78, 5) is 4.73. The number of phenolic OH excluding ortho intramolecular Hbond substituents is 1. The molecule has 0 saturated carbocycles. The molecule has 2 aromatic rings. The summed E-state index contributed by atoms with van der Waals surface area (Å²) >= 11 is 0. The number of aryl methyl sites for hydroxylation is 1. The minimum Gasteiger partial charge on any atom is -0.508 e. The number of ether oxygens (including phenoxy) is 2. The largest absolute Gasteiger partial charge is 0.508 e. The lowest BCUT2D eigenvalue weighted by Crippen LogP contribution is -2.38. The molecule has 0 amide bonds. The van der Waals surface area contributed by atoms with E-state index in [1.54, 1.807) is 12.1 Å². The van der Waals surface area contributed by atoms with Crippen molar-refractivity contribution in [3.05, 3.63) is 59.2 Å². The zero-order valence-corrected chi connectivity index (χ0v) is 17.3. The third kappa shape index (κ3) is 6.68. The summed E-state index contributed by atoms with van der Waals surface area (Å²) < 4.78 is 11.6. The van der Waals surface area contributed by atoms with Crippen molar-refractivity contribution in [2.45, 2.75) is 39.3 Å². The number of aliphatic imine (C=N–C) groups is 1. The lowest BCUT2D eigenvalue weighted by Gasteiger charge is -2.16. The molecular weight excluding hydrogens is 366 g/mol. The van der Waals surface area contributed by atoms with Gasteiger partial charge >= 0.3 is 0 Å². The summed E-state index contributed by atoms with van der Waals surface area (Å²) in [6.45, 7) is 7.57. The van der Waals surface area contributed by atoms with Crippen molar-refractivity contribution in [1.82, 2.24) is 10.6 Å². The molecular formula is C23H31N3O3. The van der Waals surface area contributed by atoms with Gasteiger partial charge in [0.1, 0.15) is 17.6 Å². The van der Waals surface area contributed by atoms with Crippen LogP contribution in [0.2, 0.25) is 0 Å². The molecule has 1 heterocycles. The van der Waals surface area contributed by atoms with Crippen LogP contribution in [-0.4, -0.2) is 43.5 Å². The van der Waals surface area contributed by atoms with E-state index in [0.717, 1.165) is 55.4 Å². The number of benzene rings is 2.